The second-order valence-electron chi connectivity index (χ2n) is 5.07. The molecule has 0 aromatic carbocycles. The number of carbonyl (C=O) groups is 1. The molecule has 0 bridgehead atoms. The highest BCUT2D eigenvalue weighted by atomic mass is 35.5. The zero-order chi connectivity index (χ0) is 12.0. The summed E-state index contributed by atoms with van der Waals surface area (Å²) in [5.74, 6) is 0.812. The van der Waals surface area contributed by atoms with Crippen molar-refractivity contribution in [3.8, 4) is 0 Å². The summed E-state index contributed by atoms with van der Waals surface area (Å²) in [4.78, 5) is 13.8. The van der Waals surface area contributed by atoms with Gasteiger partial charge in [0.2, 0.25) is 5.91 Å². The lowest BCUT2D eigenvalue weighted by Crippen LogP contribution is -2.37. The predicted octanol–water partition coefficient (Wildman–Crippen LogP) is 1.42. The molecule has 1 unspecified atom stereocenters. The lowest BCUT2D eigenvalue weighted by atomic mass is 9.97. The zero-order valence-electron chi connectivity index (χ0n) is 11.4. The van der Waals surface area contributed by atoms with Crippen molar-refractivity contribution < 1.29 is 4.79 Å². The van der Waals surface area contributed by atoms with Gasteiger partial charge in [0.25, 0.3) is 0 Å². The zero-order valence-corrected chi connectivity index (χ0v) is 13.0. The van der Waals surface area contributed by atoms with Gasteiger partial charge in [-0.25, -0.2) is 0 Å². The van der Waals surface area contributed by atoms with Crippen LogP contribution < -0.4 is 11.1 Å². The van der Waals surface area contributed by atoms with Crippen LogP contribution in [0.3, 0.4) is 0 Å². The third kappa shape index (κ3) is 8.97. The molecule has 1 aliphatic heterocycles. The van der Waals surface area contributed by atoms with Crippen LogP contribution >= 0.6 is 24.8 Å². The van der Waals surface area contributed by atoms with Gasteiger partial charge >= 0.3 is 0 Å². The number of nitrogens with two attached hydrogens (primary N) is 1. The molecule has 1 rings (SSSR count). The summed E-state index contributed by atoms with van der Waals surface area (Å²) in [6.07, 6.45) is 3.73. The molecule has 0 aromatic rings. The lowest BCUT2D eigenvalue weighted by molar-refractivity contribution is -0.121. The van der Waals surface area contributed by atoms with E-state index in [-0.39, 0.29) is 36.8 Å². The van der Waals surface area contributed by atoms with Crippen LogP contribution in [0.5, 0.6) is 0 Å². The minimum atomic E-state index is 0. The van der Waals surface area contributed by atoms with Crippen LogP contribution in [0.4, 0.5) is 0 Å². The minimum Gasteiger partial charge on any atom is -0.356 e. The molecule has 6 heteroatoms. The van der Waals surface area contributed by atoms with Crippen LogP contribution in [0.25, 0.3) is 0 Å². The Labute approximate surface area is 123 Å². The van der Waals surface area contributed by atoms with E-state index in [0.29, 0.717) is 12.3 Å². The molecule has 4 nitrogen and oxygen atoms in total. The van der Waals surface area contributed by atoms with Gasteiger partial charge in [-0.05, 0) is 52.2 Å². The molecule has 18 heavy (non-hydrogen) atoms. The van der Waals surface area contributed by atoms with Crippen molar-refractivity contribution in [2.24, 2.45) is 11.7 Å². The number of likely N-dealkylation sites (tertiary alicyclic amines) is 1. The molecule has 1 atom stereocenters. The molecule has 110 valence electrons. The maximum atomic E-state index is 11.5. The Balaban J connectivity index is 0. The van der Waals surface area contributed by atoms with E-state index in [1.807, 2.05) is 6.92 Å². The standard InChI is InChI=1S/C12H25N3O.2ClH/c1-10(13)3-4-12(16)14-9-11-5-7-15(2)8-6-11;;/h10-11H,3-9,13H2,1-2H3,(H,14,16);2*1H. The molecular weight excluding hydrogens is 273 g/mol. The monoisotopic (exact) mass is 299 g/mol. The summed E-state index contributed by atoms with van der Waals surface area (Å²) < 4.78 is 0. The SMILES string of the molecule is CC(N)CCC(=O)NCC1CCN(C)CC1.Cl.Cl. The Hall–Kier alpha value is -0.0300. The number of piperidine rings is 1. The Morgan fingerprint density at radius 3 is 2.44 bits per heavy atom. The second kappa shape index (κ2) is 10.9. The maximum absolute atomic E-state index is 11.5. The van der Waals surface area contributed by atoms with Gasteiger partial charge in [0.15, 0.2) is 0 Å². The summed E-state index contributed by atoms with van der Waals surface area (Å²) >= 11 is 0. The first-order valence-corrected chi connectivity index (χ1v) is 6.28. The maximum Gasteiger partial charge on any atom is 0.220 e. The first kappa shape index (κ1) is 20.3. The molecule has 0 saturated carbocycles. The average molecular weight is 300 g/mol. The van der Waals surface area contributed by atoms with E-state index in [2.05, 4.69) is 17.3 Å². The van der Waals surface area contributed by atoms with E-state index in [0.717, 1.165) is 26.1 Å². The van der Waals surface area contributed by atoms with Crippen molar-refractivity contribution in [3.63, 3.8) is 0 Å². The molecule has 3 N–H and O–H groups in total. The number of nitrogens with one attached hydrogen (secondary N) is 1. The van der Waals surface area contributed by atoms with Gasteiger partial charge in [-0.2, -0.15) is 0 Å². The van der Waals surface area contributed by atoms with Crippen molar-refractivity contribution >= 4 is 30.7 Å². The van der Waals surface area contributed by atoms with Gasteiger partial charge in [-0.3, -0.25) is 4.79 Å². The fourth-order valence-electron chi connectivity index (χ4n) is 1.97. The van der Waals surface area contributed by atoms with Crippen LogP contribution in [0.15, 0.2) is 0 Å². The summed E-state index contributed by atoms with van der Waals surface area (Å²) in [6.45, 7) is 5.08. The molecule has 1 aliphatic rings. The van der Waals surface area contributed by atoms with Crippen LogP contribution in [-0.2, 0) is 4.79 Å². The third-order valence-corrected chi connectivity index (χ3v) is 3.25. The smallest absolute Gasteiger partial charge is 0.220 e. The van der Waals surface area contributed by atoms with Gasteiger partial charge in [-0.15, -0.1) is 24.8 Å². The van der Waals surface area contributed by atoms with Gasteiger partial charge in [0, 0.05) is 19.0 Å². The lowest BCUT2D eigenvalue weighted by Gasteiger charge is -2.28. The first-order chi connectivity index (χ1) is 7.58. The molecule has 0 aliphatic carbocycles. The van der Waals surface area contributed by atoms with Crippen LogP contribution in [0.1, 0.15) is 32.6 Å². The average Bonchev–Trinajstić information content (AvgIpc) is 2.25. The van der Waals surface area contributed by atoms with E-state index in [1.54, 1.807) is 0 Å². The van der Waals surface area contributed by atoms with Crippen molar-refractivity contribution in [1.29, 1.82) is 0 Å². The highest BCUT2D eigenvalue weighted by molar-refractivity contribution is 5.85. The fourth-order valence-corrected chi connectivity index (χ4v) is 1.97. The van der Waals surface area contributed by atoms with Crippen molar-refractivity contribution in [1.82, 2.24) is 10.2 Å². The number of amides is 1. The van der Waals surface area contributed by atoms with Gasteiger partial charge in [0.1, 0.15) is 0 Å². The highest BCUT2D eigenvalue weighted by Gasteiger charge is 2.16. The van der Waals surface area contributed by atoms with Gasteiger partial charge < -0.3 is 16.0 Å². The number of carbonyl (C=O) groups excluding carboxylic acids is 1. The number of rotatable bonds is 5. The number of hydrogen-bond acceptors (Lipinski definition) is 3. The van der Waals surface area contributed by atoms with Gasteiger partial charge in [-0.1, -0.05) is 0 Å². The van der Waals surface area contributed by atoms with Gasteiger partial charge in [0.05, 0.1) is 0 Å². The second-order valence-corrected chi connectivity index (χ2v) is 5.07. The van der Waals surface area contributed by atoms with E-state index in [1.165, 1.54) is 12.8 Å². The quantitative estimate of drug-likeness (QED) is 0.807. The molecule has 0 radical (unpaired) electrons. The first-order valence-electron chi connectivity index (χ1n) is 6.28. The van der Waals surface area contributed by atoms with Crippen LogP contribution in [-0.4, -0.2) is 43.5 Å². The Morgan fingerprint density at radius 1 is 1.39 bits per heavy atom. The van der Waals surface area contributed by atoms with E-state index < -0.39 is 0 Å². The molecular formula is C12H27Cl2N3O. The molecule has 1 saturated heterocycles. The fraction of sp³-hybridized carbons (Fsp3) is 0.917. The summed E-state index contributed by atoms with van der Waals surface area (Å²) in [6, 6.07) is 0.120. The molecule has 1 amide bonds. The van der Waals surface area contributed by atoms with E-state index >= 15 is 0 Å². The van der Waals surface area contributed by atoms with Crippen molar-refractivity contribution in [2.45, 2.75) is 38.6 Å². The molecule has 0 aromatic heterocycles. The van der Waals surface area contributed by atoms with Crippen LogP contribution in [0, 0.1) is 5.92 Å². The Morgan fingerprint density at radius 2 is 1.94 bits per heavy atom. The van der Waals surface area contributed by atoms with Crippen molar-refractivity contribution in [3.05, 3.63) is 0 Å². The Bertz CT molecular complexity index is 219. The summed E-state index contributed by atoms with van der Waals surface area (Å²) in [5.41, 5.74) is 5.61. The topological polar surface area (TPSA) is 58.4 Å². The third-order valence-electron chi connectivity index (χ3n) is 3.25. The number of hydrogen-bond donors (Lipinski definition) is 2. The Kier molecular flexibility index (Phi) is 12.2. The number of halogens is 2. The summed E-state index contributed by atoms with van der Waals surface area (Å²) in [5, 5.41) is 3.01. The van der Waals surface area contributed by atoms with Crippen molar-refractivity contribution in [2.75, 3.05) is 26.7 Å². The number of nitrogens with zero attached hydrogens (tertiary/aromatic N) is 1. The predicted molar refractivity (Wildman–Crippen MR) is 80.6 cm³/mol. The van der Waals surface area contributed by atoms with E-state index in [9.17, 15) is 4.79 Å². The van der Waals surface area contributed by atoms with Crippen LogP contribution in [0.2, 0.25) is 0 Å². The molecule has 1 heterocycles. The minimum absolute atomic E-state index is 0. The normalized spacial score (nSPS) is 18.4. The molecule has 1 fully saturated rings. The largest absolute Gasteiger partial charge is 0.356 e. The molecule has 0 spiro atoms. The van der Waals surface area contributed by atoms with E-state index in [4.69, 9.17) is 5.73 Å². The summed E-state index contributed by atoms with van der Waals surface area (Å²) in [7, 11) is 2.15. The highest BCUT2D eigenvalue weighted by Crippen LogP contribution is 2.14.